The molecule has 0 fully saturated rings. The van der Waals surface area contributed by atoms with Crippen molar-refractivity contribution in [3.63, 3.8) is 0 Å². The van der Waals surface area contributed by atoms with Gasteiger partial charge in [0, 0.05) is 17.5 Å². The first-order chi connectivity index (χ1) is 9.62. The summed E-state index contributed by atoms with van der Waals surface area (Å²) in [4.78, 5) is 0. The fraction of sp³-hybridized carbons (Fsp3) is 0.462. The van der Waals surface area contributed by atoms with E-state index in [9.17, 15) is 8.42 Å². The highest BCUT2D eigenvalue weighted by atomic mass is 32.2. The molecule has 0 amide bonds. The molecule has 0 unspecified atom stereocenters. The van der Waals surface area contributed by atoms with Gasteiger partial charge >= 0.3 is 0 Å². The van der Waals surface area contributed by atoms with Gasteiger partial charge in [0.2, 0.25) is 0 Å². The van der Waals surface area contributed by atoms with Gasteiger partial charge in [-0.15, -0.1) is 5.10 Å². The molecule has 2 rings (SSSR count). The first-order valence-electron chi connectivity index (χ1n) is 6.44. The number of sulfone groups is 1. The van der Waals surface area contributed by atoms with Crippen LogP contribution in [0.3, 0.4) is 0 Å². The van der Waals surface area contributed by atoms with Gasteiger partial charge in [-0.05, 0) is 55.0 Å². The van der Waals surface area contributed by atoms with Gasteiger partial charge in [0.25, 0.3) is 0 Å². The number of aryl methyl sites for hydroxylation is 1. The molecule has 0 spiro atoms. The molecule has 8 heteroatoms. The molecule has 1 aromatic heterocycles. The molecular formula is C13H19N5O2S. The van der Waals surface area contributed by atoms with E-state index in [1.807, 2.05) is 19.1 Å². The highest BCUT2D eigenvalue weighted by Gasteiger charge is 2.32. The standard InChI is InChI=1S/C13H19N5O2S/c1-9-7-10(5-6-11(9)14)12-15-16-17-18(12)8-13(2,3)21(4,19)20/h5-7H,8,14H2,1-4H3. The van der Waals surface area contributed by atoms with Crippen LogP contribution in [0.5, 0.6) is 0 Å². The maximum Gasteiger partial charge on any atom is 0.182 e. The lowest BCUT2D eigenvalue weighted by Gasteiger charge is -2.22. The highest BCUT2D eigenvalue weighted by Crippen LogP contribution is 2.24. The number of nitrogen functional groups attached to an aromatic ring is 1. The van der Waals surface area contributed by atoms with Crippen molar-refractivity contribution in [3.8, 4) is 11.4 Å². The van der Waals surface area contributed by atoms with Crippen LogP contribution >= 0.6 is 0 Å². The minimum absolute atomic E-state index is 0.178. The molecule has 114 valence electrons. The van der Waals surface area contributed by atoms with Crippen molar-refractivity contribution in [2.24, 2.45) is 0 Å². The average Bonchev–Trinajstić information content (AvgIpc) is 2.78. The van der Waals surface area contributed by atoms with Gasteiger partial charge in [-0.1, -0.05) is 0 Å². The Labute approximate surface area is 124 Å². The predicted molar refractivity (Wildman–Crippen MR) is 81.3 cm³/mol. The number of aromatic nitrogens is 4. The maximum atomic E-state index is 11.8. The third kappa shape index (κ3) is 3.05. The topological polar surface area (TPSA) is 104 Å². The van der Waals surface area contributed by atoms with E-state index in [-0.39, 0.29) is 6.54 Å². The molecule has 21 heavy (non-hydrogen) atoms. The highest BCUT2D eigenvalue weighted by molar-refractivity contribution is 7.92. The van der Waals surface area contributed by atoms with Gasteiger partial charge < -0.3 is 5.73 Å². The van der Waals surface area contributed by atoms with Crippen LogP contribution < -0.4 is 5.73 Å². The van der Waals surface area contributed by atoms with Crippen molar-refractivity contribution >= 4 is 15.5 Å². The normalized spacial score (nSPS) is 12.6. The van der Waals surface area contributed by atoms with E-state index in [1.54, 1.807) is 19.9 Å². The molecule has 0 radical (unpaired) electrons. The number of nitrogens with zero attached hydrogens (tertiary/aromatic N) is 4. The first-order valence-corrected chi connectivity index (χ1v) is 8.33. The number of rotatable bonds is 4. The number of benzene rings is 1. The van der Waals surface area contributed by atoms with E-state index in [0.717, 1.165) is 11.1 Å². The number of hydrogen-bond acceptors (Lipinski definition) is 6. The largest absolute Gasteiger partial charge is 0.399 e. The van der Waals surface area contributed by atoms with Crippen molar-refractivity contribution < 1.29 is 8.42 Å². The zero-order valence-corrected chi connectivity index (χ0v) is 13.3. The monoisotopic (exact) mass is 309 g/mol. The zero-order chi connectivity index (χ0) is 15.8. The van der Waals surface area contributed by atoms with Crippen LogP contribution in [0.15, 0.2) is 18.2 Å². The summed E-state index contributed by atoms with van der Waals surface area (Å²) in [5.74, 6) is 0.523. The quantitative estimate of drug-likeness (QED) is 0.847. The van der Waals surface area contributed by atoms with E-state index in [4.69, 9.17) is 5.73 Å². The van der Waals surface area contributed by atoms with Crippen LogP contribution in [0.4, 0.5) is 5.69 Å². The summed E-state index contributed by atoms with van der Waals surface area (Å²) in [5, 5.41) is 11.5. The second kappa shape index (κ2) is 5.10. The lowest BCUT2D eigenvalue weighted by molar-refractivity contribution is 0.471. The minimum atomic E-state index is -3.23. The number of nitrogens with two attached hydrogens (primary N) is 1. The lowest BCUT2D eigenvalue weighted by Crippen LogP contribution is -2.36. The Balaban J connectivity index is 2.42. The second-order valence-electron chi connectivity index (χ2n) is 5.76. The molecule has 0 aliphatic carbocycles. The van der Waals surface area contributed by atoms with Crippen LogP contribution in [0.25, 0.3) is 11.4 Å². The molecule has 0 atom stereocenters. The average molecular weight is 309 g/mol. The van der Waals surface area contributed by atoms with Crippen molar-refractivity contribution in [1.82, 2.24) is 20.2 Å². The zero-order valence-electron chi connectivity index (χ0n) is 12.5. The second-order valence-corrected chi connectivity index (χ2v) is 8.41. The predicted octanol–water partition coefficient (Wildman–Crippen LogP) is 1.05. The van der Waals surface area contributed by atoms with E-state index >= 15 is 0 Å². The van der Waals surface area contributed by atoms with Crippen molar-refractivity contribution in [2.75, 3.05) is 12.0 Å². The maximum absolute atomic E-state index is 11.8. The molecule has 0 aliphatic heterocycles. The Morgan fingerprint density at radius 2 is 2.00 bits per heavy atom. The Morgan fingerprint density at radius 3 is 2.57 bits per heavy atom. The fourth-order valence-corrected chi connectivity index (χ4v) is 2.17. The van der Waals surface area contributed by atoms with Crippen molar-refractivity contribution in [1.29, 1.82) is 0 Å². The van der Waals surface area contributed by atoms with Crippen LogP contribution in [-0.4, -0.2) is 39.6 Å². The molecule has 0 aliphatic rings. The smallest absolute Gasteiger partial charge is 0.182 e. The molecule has 0 saturated heterocycles. The molecule has 2 N–H and O–H groups in total. The third-order valence-corrected chi connectivity index (χ3v) is 5.73. The summed E-state index contributed by atoms with van der Waals surface area (Å²) in [6, 6.07) is 5.48. The summed E-state index contributed by atoms with van der Waals surface area (Å²) in [6.45, 7) is 5.38. The van der Waals surface area contributed by atoms with E-state index < -0.39 is 14.6 Å². The molecular weight excluding hydrogens is 290 g/mol. The number of tetrazole rings is 1. The molecule has 0 saturated carbocycles. The van der Waals surface area contributed by atoms with Crippen LogP contribution in [0, 0.1) is 6.92 Å². The van der Waals surface area contributed by atoms with E-state index in [1.165, 1.54) is 10.9 Å². The summed E-state index contributed by atoms with van der Waals surface area (Å²) in [6.07, 6.45) is 1.21. The van der Waals surface area contributed by atoms with Crippen LogP contribution in [-0.2, 0) is 16.4 Å². The molecule has 1 aromatic carbocycles. The van der Waals surface area contributed by atoms with Crippen molar-refractivity contribution in [2.45, 2.75) is 32.1 Å². The van der Waals surface area contributed by atoms with Gasteiger partial charge in [-0.2, -0.15) is 0 Å². The summed E-state index contributed by atoms with van der Waals surface area (Å²) >= 11 is 0. The van der Waals surface area contributed by atoms with Gasteiger partial charge in [0.15, 0.2) is 15.7 Å². The van der Waals surface area contributed by atoms with Gasteiger partial charge in [0.05, 0.1) is 11.3 Å². The fourth-order valence-electron chi connectivity index (χ4n) is 1.81. The summed E-state index contributed by atoms with van der Waals surface area (Å²) < 4.78 is 24.2. The SMILES string of the molecule is Cc1cc(-c2nnnn2CC(C)(C)S(C)(=O)=O)ccc1N. The summed E-state index contributed by atoms with van der Waals surface area (Å²) in [7, 11) is -3.23. The minimum Gasteiger partial charge on any atom is -0.399 e. The Kier molecular flexibility index (Phi) is 3.75. The van der Waals surface area contributed by atoms with Crippen molar-refractivity contribution in [3.05, 3.63) is 23.8 Å². The lowest BCUT2D eigenvalue weighted by atomic mass is 10.1. The molecule has 1 heterocycles. The molecule has 7 nitrogen and oxygen atoms in total. The molecule has 0 bridgehead atoms. The molecule has 2 aromatic rings. The Hall–Kier alpha value is -1.96. The van der Waals surface area contributed by atoms with E-state index in [2.05, 4.69) is 15.5 Å². The van der Waals surface area contributed by atoms with Gasteiger partial charge in [-0.25, -0.2) is 13.1 Å². The van der Waals surface area contributed by atoms with Gasteiger partial charge in [0.1, 0.15) is 0 Å². The Bertz CT molecular complexity index is 765. The van der Waals surface area contributed by atoms with Gasteiger partial charge in [-0.3, -0.25) is 0 Å². The number of hydrogen-bond donors (Lipinski definition) is 1. The number of anilines is 1. The first kappa shape index (κ1) is 15.4. The van der Waals surface area contributed by atoms with Crippen LogP contribution in [0.2, 0.25) is 0 Å². The van der Waals surface area contributed by atoms with E-state index in [0.29, 0.717) is 11.5 Å². The third-order valence-electron chi connectivity index (χ3n) is 3.59. The summed E-state index contributed by atoms with van der Waals surface area (Å²) in [5.41, 5.74) is 8.21. The Morgan fingerprint density at radius 1 is 1.33 bits per heavy atom. The van der Waals surface area contributed by atoms with Crippen LogP contribution in [0.1, 0.15) is 19.4 Å².